The maximum Gasteiger partial charge on any atom is 0.336 e. The molecule has 11 nitrogen and oxygen atoms in total. The van der Waals surface area contributed by atoms with E-state index in [-0.39, 0.29) is 35.1 Å². The Labute approximate surface area is 254 Å². The molecule has 4 rings (SSSR count). The van der Waals surface area contributed by atoms with Gasteiger partial charge in [0.05, 0.1) is 30.5 Å². The number of urea groups is 1. The van der Waals surface area contributed by atoms with Gasteiger partial charge in [0.15, 0.2) is 18.1 Å². The number of nitrogens with one attached hydrogen (secondary N) is 2. The minimum atomic E-state index is -0.942. The quantitative estimate of drug-likeness (QED) is 0.216. The Hall–Kier alpha value is -4.91. The summed E-state index contributed by atoms with van der Waals surface area (Å²) in [5, 5.41) is 4.78. The van der Waals surface area contributed by atoms with Crippen molar-refractivity contribution in [3.63, 3.8) is 0 Å². The number of hydrogen-bond acceptors (Lipinski definition) is 8. The molecule has 0 spiro atoms. The van der Waals surface area contributed by atoms with E-state index in [0.29, 0.717) is 28.1 Å². The van der Waals surface area contributed by atoms with Gasteiger partial charge in [-0.05, 0) is 89.9 Å². The molecule has 5 amide bonds. The zero-order valence-electron chi connectivity index (χ0n) is 23.4. The van der Waals surface area contributed by atoms with Crippen molar-refractivity contribution in [2.24, 2.45) is 0 Å². The molecule has 0 bridgehead atoms. The molecule has 3 aromatic carbocycles. The number of rotatable bonds is 11. The molecular formula is C30H27BrFN3O8. The predicted octanol–water partition coefficient (Wildman–Crippen LogP) is 5.08. The first-order valence-corrected chi connectivity index (χ1v) is 13.8. The van der Waals surface area contributed by atoms with Crippen LogP contribution in [-0.2, 0) is 14.4 Å². The van der Waals surface area contributed by atoms with Gasteiger partial charge in [0, 0.05) is 11.8 Å². The van der Waals surface area contributed by atoms with E-state index < -0.39 is 36.2 Å². The van der Waals surface area contributed by atoms with Crippen molar-refractivity contribution in [3.8, 4) is 23.0 Å². The van der Waals surface area contributed by atoms with Crippen molar-refractivity contribution in [1.82, 2.24) is 5.32 Å². The number of barbiturate groups is 1. The summed E-state index contributed by atoms with van der Waals surface area (Å²) in [6.07, 6.45) is 1.29. The number of methoxy groups -OCH3 is 1. The van der Waals surface area contributed by atoms with Gasteiger partial charge in [0.2, 0.25) is 0 Å². The number of ether oxygens (including phenoxy) is 4. The van der Waals surface area contributed by atoms with Crippen LogP contribution in [0.4, 0.5) is 20.6 Å². The third-order valence-electron chi connectivity index (χ3n) is 5.92. The summed E-state index contributed by atoms with van der Waals surface area (Å²) in [5.74, 6) is -1.68. The van der Waals surface area contributed by atoms with Crippen LogP contribution in [0.15, 0.2) is 64.6 Å². The topological polar surface area (TPSA) is 133 Å². The maximum atomic E-state index is 13.6. The molecule has 0 aliphatic carbocycles. The molecule has 0 radical (unpaired) electrons. The van der Waals surface area contributed by atoms with Gasteiger partial charge in [-0.25, -0.2) is 14.1 Å². The Morgan fingerprint density at radius 1 is 0.977 bits per heavy atom. The standard InChI is InChI=1S/C30H27BrFN3O8/c1-4-41-20-10-11-24(42-5-2)23(15-20)35-29(38)21(28(37)34-30(35)39)12-17-13-22(31)27(25(14-17)40-3)43-16-26(36)33-19-8-6-18(32)7-9-19/h6-15H,4-5,16H2,1-3H3,(H,33,36)(H,34,37,39)/b21-12+. The van der Waals surface area contributed by atoms with Gasteiger partial charge in [-0.2, -0.15) is 0 Å². The summed E-state index contributed by atoms with van der Waals surface area (Å²) in [4.78, 5) is 52.4. The molecule has 1 aliphatic heterocycles. The van der Waals surface area contributed by atoms with Crippen molar-refractivity contribution >= 4 is 57.1 Å². The summed E-state index contributed by atoms with van der Waals surface area (Å²) in [6, 6.07) is 12.1. The lowest BCUT2D eigenvalue weighted by Crippen LogP contribution is -2.54. The minimum absolute atomic E-state index is 0.107. The van der Waals surface area contributed by atoms with Crippen LogP contribution in [0, 0.1) is 5.82 Å². The molecule has 0 atom stereocenters. The molecule has 43 heavy (non-hydrogen) atoms. The number of halogens is 2. The highest BCUT2D eigenvalue weighted by atomic mass is 79.9. The zero-order valence-corrected chi connectivity index (χ0v) is 24.9. The Balaban J connectivity index is 1.60. The fraction of sp³-hybridized carbons (Fsp3) is 0.200. The Kier molecular flexibility index (Phi) is 9.99. The SMILES string of the molecule is CCOc1ccc(OCC)c(N2C(=O)NC(=O)/C(=C\c3cc(Br)c(OCC(=O)Nc4ccc(F)cc4)c(OC)c3)C2=O)c1. The number of nitrogens with zero attached hydrogens (tertiary/aromatic N) is 1. The van der Waals surface area contributed by atoms with Crippen molar-refractivity contribution in [1.29, 1.82) is 0 Å². The lowest BCUT2D eigenvalue weighted by atomic mass is 10.1. The average Bonchev–Trinajstić information content (AvgIpc) is 2.97. The van der Waals surface area contributed by atoms with Gasteiger partial charge in [-0.1, -0.05) is 0 Å². The van der Waals surface area contributed by atoms with Crippen molar-refractivity contribution in [2.45, 2.75) is 13.8 Å². The molecular weight excluding hydrogens is 629 g/mol. The first kappa shape index (κ1) is 31.0. The molecule has 0 saturated carbocycles. The highest BCUT2D eigenvalue weighted by Crippen LogP contribution is 2.38. The van der Waals surface area contributed by atoms with Crippen LogP contribution in [0.1, 0.15) is 19.4 Å². The second-order valence-corrected chi connectivity index (χ2v) is 9.69. The normalized spacial score (nSPS) is 13.9. The van der Waals surface area contributed by atoms with Crippen LogP contribution in [0.2, 0.25) is 0 Å². The van der Waals surface area contributed by atoms with E-state index in [2.05, 4.69) is 26.6 Å². The molecule has 0 aromatic heterocycles. The summed E-state index contributed by atoms with van der Waals surface area (Å²) < 4.78 is 35.7. The Bertz CT molecular complexity index is 1590. The van der Waals surface area contributed by atoms with E-state index in [1.54, 1.807) is 32.0 Å². The molecule has 0 unspecified atom stereocenters. The molecule has 224 valence electrons. The third-order valence-corrected chi connectivity index (χ3v) is 6.51. The maximum absolute atomic E-state index is 13.6. The minimum Gasteiger partial charge on any atom is -0.494 e. The van der Waals surface area contributed by atoms with E-state index in [1.165, 1.54) is 49.6 Å². The molecule has 1 heterocycles. The number of hydrogen-bond donors (Lipinski definition) is 2. The van der Waals surface area contributed by atoms with Crippen LogP contribution in [0.3, 0.4) is 0 Å². The van der Waals surface area contributed by atoms with E-state index in [4.69, 9.17) is 18.9 Å². The summed E-state index contributed by atoms with van der Waals surface area (Å²) in [7, 11) is 1.38. The predicted molar refractivity (Wildman–Crippen MR) is 159 cm³/mol. The van der Waals surface area contributed by atoms with Crippen LogP contribution in [-0.4, -0.2) is 50.7 Å². The number of benzene rings is 3. The first-order valence-electron chi connectivity index (χ1n) is 13.0. The fourth-order valence-corrected chi connectivity index (χ4v) is 4.65. The highest BCUT2D eigenvalue weighted by molar-refractivity contribution is 9.10. The fourth-order valence-electron chi connectivity index (χ4n) is 4.08. The van der Waals surface area contributed by atoms with Crippen LogP contribution in [0.5, 0.6) is 23.0 Å². The number of imide groups is 2. The monoisotopic (exact) mass is 655 g/mol. The van der Waals surface area contributed by atoms with Gasteiger partial charge < -0.3 is 24.3 Å². The van der Waals surface area contributed by atoms with Crippen LogP contribution in [0.25, 0.3) is 6.08 Å². The van der Waals surface area contributed by atoms with Gasteiger partial charge in [-0.15, -0.1) is 0 Å². The van der Waals surface area contributed by atoms with E-state index >= 15 is 0 Å². The van der Waals surface area contributed by atoms with Gasteiger partial charge in [0.1, 0.15) is 22.9 Å². The van der Waals surface area contributed by atoms with Gasteiger partial charge in [-0.3, -0.25) is 19.7 Å². The lowest BCUT2D eigenvalue weighted by Gasteiger charge is -2.28. The molecule has 1 fully saturated rings. The smallest absolute Gasteiger partial charge is 0.336 e. The van der Waals surface area contributed by atoms with E-state index in [0.717, 1.165) is 4.90 Å². The second-order valence-electron chi connectivity index (χ2n) is 8.83. The summed E-state index contributed by atoms with van der Waals surface area (Å²) >= 11 is 3.38. The Morgan fingerprint density at radius 3 is 2.37 bits per heavy atom. The number of carbonyl (C=O) groups excluding carboxylic acids is 4. The van der Waals surface area contributed by atoms with Crippen molar-refractivity contribution < 1.29 is 42.5 Å². The highest BCUT2D eigenvalue weighted by Gasteiger charge is 2.38. The second kappa shape index (κ2) is 13.8. The van der Waals surface area contributed by atoms with Crippen LogP contribution >= 0.6 is 15.9 Å². The number of amides is 5. The Morgan fingerprint density at radius 2 is 1.70 bits per heavy atom. The molecule has 1 saturated heterocycles. The molecule has 13 heteroatoms. The average molecular weight is 656 g/mol. The van der Waals surface area contributed by atoms with Crippen molar-refractivity contribution in [2.75, 3.05) is 37.1 Å². The zero-order chi connectivity index (χ0) is 31.1. The molecule has 1 aliphatic rings. The lowest BCUT2D eigenvalue weighted by molar-refractivity contribution is -0.122. The van der Waals surface area contributed by atoms with Crippen LogP contribution < -0.4 is 34.5 Å². The largest absolute Gasteiger partial charge is 0.494 e. The van der Waals surface area contributed by atoms with E-state index in [9.17, 15) is 23.6 Å². The summed E-state index contributed by atoms with van der Waals surface area (Å²) in [5.41, 5.74) is 0.525. The third kappa shape index (κ3) is 7.30. The van der Waals surface area contributed by atoms with E-state index in [1.807, 2.05) is 0 Å². The number of carbonyl (C=O) groups is 4. The van der Waals surface area contributed by atoms with Gasteiger partial charge in [0.25, 0.3) is 17.7 Å². The number of anilines is 2. The summed E-state index contributed by atoms with van der Waals surface area (Å²) in [6.45, 7) is 3.77. The van der Waals surface area contributed by atoms with Gasteiger partial charge >= 0.3 is 6.03 Å². The molecule has 2 N–H and O–H groups in total. The molecule has 3 aromatic rings. The van der Waals surface area contributed by atoms with Crippen molar-refractivity contribution in [3.05, 3.63) is 76.0 Å². The first-order chi connectivity index (χ1) is 20.6.